The van der Waals surface area contributed by atoms with E-state index in [1.165, 1.54) is 6.07 Å². The van der Waals surface area contributed by atoms with E-state index >= 15 is 0 Å². The maximum absolute atomic E-state index is 13.8. The van der Waals surface area contributed by atoms with E-state index in [2.05, 4.69) is 12.2 Å². The molecule has 0 bridgehead atoms. The fourth-order valence-electron chi connectivity index (χ4n) is 2.50. The van der Waals surface area contributed by atoms with Gasteiger partial charge in [-0.3, -0.25) is 4.79 Å². The molecule has 0 aliphatic carbocycles. The fourth-order valence-corrected chi connectivity index (χ4v) is 2.50. The second-order valence-electron chi connectivity index (χ2n) is 5.29. The average Bonchev–Trinajstić information content (AvgIpc) is 2.46. The molecular formula is C15H21FN2O2. The number of benzene rings is 1. The maximum Gasteiger partial charge on any atom is 0.248 e. The number of carbonyl (C=O) groups excluding carboxylic acids is 1. The molecule has 1 unspecified atom stereocenters. The predicted molar refractivity (Wildman–Crippen MR) is 74.8 cm³/mol. The Morgan fingerprint density at radius 1 is 1.50 bits per heavy atom. The molecule has 0 spiro atoms. The van der Waals surface area contributed by atoms with E-state index in [1.807, 2.05) is 0 Å². The second-order valence-corrected chi connectivity index (χ2v) is 5.29. The van der Waals surface area contributed by atoms with Crippen molar-refractivity contribution in [1.82, 2.24) is 5.32 Å². The molecule has 1 aromatic carbocycles. The minimum absolute atomic E-state index is 0.198. The van der Waals surface area contributed by atoms with Gasteiger partial charge >= 0.3 is 0 Å². The van der Waals surface area contributed by atoms with E-state index in [0.29, 0.717) is 24.1 Å². The van der Waals surface area contributed by atoms with Crippen LogP contribution in [0.5, 0.6) is 0 Å². The standard InChI is InChI=1S/C15H21FN2O2/c1-10(11-4-6-20-7-5-11)18-9-13-3-2-12(15(17)19)8-14(13)16/h2-3,8,10-11,18H,4-7,9H2,1H3,(H2,17,19). The first-order valence-electron chi connectivity index (χ1n) is 6.97. The first-order valence-corrected chi connectivity index (χ1v) is 6.97. The van der Waals surface area contributed by atoms with Crippen LogP contribution in [0.1, 0.15) is 35.7 Å². The van der Waals surface area contributed by atoms with Crippen molar-refractivity contribution in [1.29, 1.82) is 0 Å². The summed E-state index contributed by atoms with van der Waals surface area (Å²) in [5, 5.41) is 3.35. The van der Waals surface area contributed by atoms with Gasteiger partial charge in [0.25, 0.3) is 0 Å². The molecular weight excluding hydrogens is 259 g/mol. The van der Waals surface area contributed by atoms with Crippen molar-refractivity contribution in [2.24, 2.45) is 11.7 Å². The Kier molecular flexibility index (Phi) is 5.09. The first-order chi connectivity index (χ1) is 9.58. The molecule has 0 aromatic heterocycles. The first kappa shape index (κ1) is 14.9. The molecule has 5 heteroatoms. The summed E-state index contributed by atoms with van der Waals surface area (Å²) >= 11 is 0. The SMILES string of the molecule is CC(NCc1ccc(C(N)=O)cc1F)C1CCOCC1. The number of carbonyl (C=O) groups is 1. The van der Waals surface area contributed by atoms with E-state index in [9.17, 15) is 9.18 Å². The van der Waals surface area contributed by atoms with Crippen molar-refractivity contribution < 1.29 is 13.9 Å². The van der Waals surface area contributed by atoms with E-state index < -0.39 is 11.7 Å². The number of rotatable bonds is 5. The normalized spacial score (nSPS) is 17.9. The van der Waals surface area contributed by atoms with Gasteiger partial charge in [-0.2, -0.15) is 0 Å². The molecule has 1 aliphatic rings. The van der Waals surface area contributed by atoms with E-state index in [-0.39, 0.29) is 5.56 Å². The molecule has 0 radical (unpaired) electrons. The van der Waals surface area contributed by atoms with Gasteiger partial charge in [0.05, 0.1) is 0 Å². The molecule has 1 amide bonds. The van der Waals surface area contributed by atoms with Crippen LogP contribution in [0.25, 0.3) is 0 Å². The number of primary amides is 1. The van der Waals surface area contributed by atoms with Crippen LogP contribution in [0, 0.1) is 11.7 Å². The Bertz CT molecular complexity index is 473. The number of nitrogens with one attached hydrogen (secondary N) is 1. The number of nitrogens with two attached hydrogens (primary N) is 1. The van der Waals surface area contributed by atoms with Gasteiger partial charge in [-0.05, 0) is 37.8 Å². The largest absolute Gasteiger partial charge is 0.381 e. The number of amides is 1. The van der Waals surface area contributed by atoms with Gasteiger partial charge in [0.1, 0.15) is 5.82 Å². The lowest BCUT2D eigenvalue weighted by atomic mass is 9.93. The lowest BCUT2D eigenvalue weighted by Gasteiger charge is -2.28. The maximum atomic E-state index is 13.8. The lowest BCUT2D eigenvalue weighted by Crippen LogP contribution is -2.36. The molecule has 3 N–H and O–H groups in total. The van der Waals surface area contributed by atoms with Crippen molar-refractivity contribution in [3.63, 3.8) is 0 Å². The smallest absolute Gasteiger partial charge is 0.248 e. The predicted octanol–water partition coefficient (Wildman–Crippen LogP) is 1.83. The van der Waals surface area contributed by atoms with Gasteiger partial charge < -0.3 is 15.8 Å². The molecule has 1 saturated heterocycles. The van der Waals surface area contributed by atoms with Crippen molar-refractivity contribution in [3.05, 3.63) is 35.1 Å². The van der Waals surface area contributed by atoms with Crippen LogP contribution >= 0.6 is 0 Å². The number of ether oxygens (including phenoxy) is 1. The highest BCUT2D eigenvalue weighted by atomic mass is 19.1. The second kappa shape index (κ2) is 6.81. The van der Waals surface area contributed by atoms with Gasteiger partial charge in [0, 0.05) is 36.9 Å². The Morgan fingerprint density at radius 3 is 2.80 bits per heavy atom. The summed E-state index contributed by atoms with van der Waals surface area (Å²) in [6.07, 6.45) is 2.08. The van der Waals surface area contributed by atoms with Crippen LogP contribution in [0.2, 0.25) is 0 Å². The molecule has 1 heterocycles. The van der Waals surface area contributed by atoms with Gasteiger partial charge in [-0.15, -0.1) is 0 Å². The minimum Gasteiger partial charge on any atom is -0.381 e. The minimum atomic E-state index is -0.612. The van der Waals surface area contributed by atoms with Crippen molar-refractivity contribution in [3.8, 4) is 0 Å². The highest BCUT2D eigenvalue weighted by molar-refractivity contribution is 5.92. The van der Waals surface area contributed by atoms with Crippen molar-refractivity contribution in [2.45, 2.75) is 32.4 Å². The number of halogens is 1. The average molecular weight is 280 g/mol. The third-order valence-corrected chi connectivity index (χ3v) is 3.93. The molecule has 110 valence electrons. The molecule has 1 atom stereocenters. The summed E-state index contributed by atoms with van der Waals surface area (Å²) in [5.74, 6) is -0.441. The van der Waals surface area contributed by atoms with Crippen LogP contribution in [-0.2, 0) is 11.3 Å². The van der Waals surface area contributed by atoms with Gasteiger partial charge in [-0.1, -0.05) is 6.07 Å². The lowest BCUT2D eigenvalue weighted by molar-refractivity contribution is 0.0557. The monoisotopic (exact) mass is 280 g/mol. The molecule has 1 fully saturated rings. The quantitative estimate of drug-likeness (QED) is 0.865. The molecule has 1 aromatic rings. The summed E-state index contributed by atoms with van der Waals surface area (Å²) < 4.78 is 19.2. The molecule has 2 rings (SSSR count). The Hall–Kier alpha value is -1.46. The molecule has 1 aliphatic heterocycles. The van der Waals surface area contributed by atoms with E-state index in [4.69, 9.17) is 10.5 Å². The zero-order valence-corrected chi connectivity index (χ0v) is 11.7. The Morgan fingerprint density at radius 2 is 2.20 bits per heavy atom. The van der Waals surface area contributed by atoms with Gasteiger partial charge in [-0.25, -0.2) is 4.39 Å². The summed E-state index contributed by atoms with van der Waals surface area (Å²) in [4.78, 5) is 11.0. The van der Waals surface area contributed by atoms with Crippen LogP contribution in [0.15, 0.2) is 18.2 Å². The summed E-state index contributed by atoms with van der Waals surface area (Å²) in [5.41, 5.74) is 5.87. The molecule has 4 nitrogen and oxygen atoms in total. The van der Waals surface area contributed by atoms with Crippen molar-refractivity contribution >= 4 is 5.91 Å². The highest BCUT2D eigenvalue weighted by Crippen LogP contribution is 2.19. The van der Waals surface area contributed by atoms with Crippen molar-refractivity contribution in [2.75, 3.05) is 13.2 Å². The zero-order valence-electron chi connectivity index (χ0n) is 11.7. The topological polar surface area (TPSA) is 64.3 Å². The van der Waals surface area contributed by atoms with E-state index in [0.717, 1.165) is 26.1 Å². The van der Waals surface area contributed by atoms with Crippen LogP contribution in [0.4, 0.5) is 4.39 Å². The van der Waals surface area contributed by atoms with Gasteiger partial charge in [0.15, 0.2) is 0 Å². The van der Waals surface area contributed by atoms with Crippen LogP contribution in [0.3, 0.4) is 0 Å². The van der Waals surface area contributed by atoms with E-state index in [1.54, 1.807) is 12.1 Å². The summed E-state index contributed by atoms with van der Waals surface area (Å²) in [6.45, 7) is 4.17. The Balaban J connectivity index is 1.91. The third-order valence-electron chi connectivity index (χ3n) is 3.93. The highest BCUT2D eigenvalue weighted by Gasteiger charge is 2.20. The van der Waals surface area contributed by atoms with Crippen LogP contribution < -0.4 is 11.1 Å². The Labute approximate surface area is 118 Å². The zero-order chi connectivity index (χ0) is 14.5. The fraction of sp³-hybridized carbons (Fsp3) is 0.533. The molecule has 20 heavy (non-hydrogen) atoms. The summed E-state index contributed by atoms with van der Waals surface area (Å²) in [7, 11) is 0. The summed E-state index contributed by atoms with van der Waals surface area (Å²) in [6, 6.07) is 4.67. The number of hydrogen-bond acceptors (Lipinski definition) is 3. The van der Waals surface area contributed by atoms with Crippen LogP contribution in [-0.4, -0.2) is 25.2 Å². The third kappa shape index (κ3) is 3.77. The van der Waals surface area contributed by atoms with Gasteiger partial charge in [0.2, 0.25) is 5.91 Å². The molecule has 0 saturated carbocycles. The number of hydrogen-bond donors (Lipinski definition) is 2.